The fraction of sp³-hybridized carbons (Fsp3) is 0.429. The number of aryl methyl sites for hydroxylation is 1. The van der Waals surface area contributed by atoms with E-state index in [2.05, 4.69) is 31.2 Å². The third kappa shape index (κ3) is 5.43. The molecule has 1 heterocycles. The van der Waals surface area contributed by atoms with Crippen molar-refractivity contribution in [3.05, 3.63) is 54.1 Å². The number of hydrogen-bond donors (Lipinski definition) is 1. The zero-order valence-corrected chi connectivity index (χ0v) is 16.1. The van der Waals surface area contributed by atoms with Crippen LogP contribution in [0.2, 0.25) is 6.04 Å². The van der Waals surface area contributed by atoms with Crippen molar-refractivity contribution >= 4 is 9.28 Å². The molecule has 1 N–H and O–H groups in total. The van der Waals surface area contributed by atoms with Gasteiger partial charge in [-0.25, -0.2) is 0 Å². The van der Waals surface area contributed by atoms with E-state index in [-0.39, 0.29) is 0 Å². The Labute approximate surface area is 152 Å². The molecule has 0 aliphatic carbocycles. The van der Waals surface area contributed by atoms with Gasteiger partial charge in [0.1, 0.15) is 5.75 Å². The highest BCUT2D eigenvalue weighted by Crippen LogP contribution is 2.23. The monoisotopic (exact) mass is 356 g/mol. The van der Waals surface area contributed by atoms with Gasteiger partial charge in [0.05, 0.1) is 0 Å². The normalized spacial score (nSPS) is 20.5. The standard InChI is InChI=1S/C21H28O3Si/c1-2-3-14-25-23-15-18(16-24-25)5-4-17-6-8-19(9-7-17)20-10-12-21(22)13-11-20/h6-13,18,22,25H,2-5,14-16H2,1H3. The third-order valence-corrected chi connectivity index (χ3v) is 6.83. The fourth-order valence-corrected chi connectivity index (χ4v) is 5.32. The first-order valence-electron chi connectivity index (χ1n) is 9.36. The van der Waals surface area contributed by atoms with Gasteiger partial charge in [-0.1, -0.05) is 56.2 Å². The Morgan fingerprint density at radius 1 is 0.960 bits per heavy atom. The third-order valence-electron chi connectivity index (χ3n) is 4.82. The minimum atomic E-state index is -1.34. The van der Waals surface area contributed by atoms with E-state index in [4.69, 9.17) is 8.85 Å². The van der Waals surface area contributed by atoms with E-state index < -0.39 is 9.28 Å². The number of hydrogen-bond acceptors (Lipinski definition) is 3. The van der Waals surface area contributed by atoms with Crippen molar-refractivity contribution in [2.24, 2.45) is 5.92 Å². The second kappa shape index (κ2) is 9.18. The molecule has 0 saturated carbocycles. The molecule has 1 fully saturated rings. The SMILES string of the molecule is CCCC[SiH]1OCC(CCc2ccc(-c3ccc(O)cc3)cc2)CO1. The molecule has 1 aliphatic heterocycles. The molecular formula is C21H28O3Si. The molecule has 3 nitrogen and oxygen atoms in total. The molecule has 3 rings (SSSR count). The van der Waals surface area contributed by atoms with E-state index in [1.807, 2.05) is 12.1 Å². The van der Waals surface area contributed by atoms with E-state index in [0.717, 1.165) is 37.7 Å². The summed E-state index contributed by atoms with van der Waals surface area (Å²) in [5.74, 6) is 0.833. The van der Waals surface area contributed by atoms with Gasteiger partial charge in [0, 0.05) is 19.1 Å². The predicted octanol–water partition coefficient (Wildman–Crippen LogP) is 4.68. The van der Waals surface area contributed by atoms with Gasteiger partial charge in [-0.15, -0.1) is 0 Å². The van der Waals surface area contributed by atoms with Crippen LogP contribution in [0.25, 0.3) is 11.1 Å². The maximum Gasteiger partial charge on any atom is 0.321 e. The van der Waals surface area contributed by atoms with E-state index in [0.29, 0.717) is 11.7 Å². The Morgan fingerprint density at radius 2 is 1.56 bits per heavy atom. The quantitative estimate of drug-likeness (QED) is 0.732. The van der Waals surface area contributed by atoms with Crippen LogP contribution in [0, 0.1) is 5.92 Å². The average molecular weight is 357 g/mol. The summed E-state index contributed by atoms with van der Waals surface area (Å²) in [6.45, 7) is 3.98. The van der Waals surface area contributed by atoms with Crippen molar-refractivity contribution in [1.29, 1.82) is 0 Å². The van der Waals surface area contributed by atoms with Crippen molar-refractivity contribution in [1.82, 2.24) is 0 Å². The summed E-state index contributed by atoms with van der Waals surface area (Å²) >= 11 is 0. The van der Waals surface area contributed by atoms with Crippen LogP contribution in [0.15, 0.2) is 48.5 Å². The van der Waals surface area contributed by atoms with Crippen LogP contribution in [0.5, 0.6) is 5.75 Å². The molecule has 0 amide bonds. The lowest BCUT2D eigenvalue weighted by molar-refractivity contribution is 0.0750. The maximum atomic E-state index is 9.38. The van der Waals surface area contributed by atoms with Gasteiger partial charge in [0.25, 0.3) is 0 Å². The first-order chi connectivity index (χ1) is 12.2. The first-order valence-corrected chi connectivity index (χ1v) is 11.1. The Balaban J connectivity index is 1.45. The van der Waals surface area contributed by atoms with Gasteiger partial charge in [-0.3, -0.25) is 0 Å². The maximum absolute atomic E-state index is 9.38. The zero-order chi connectivity index (χ0) is 17.5. The molecule has 4 heteroatoms. The molecular weight excluding hydrogens is 328 g/mol. The summed E-state index contributed by atoms with van der Waals surface area (Å²) in [6, 6.07) is 17.2. The molecule has 0 bridgehead atoms. The van der Waals surface area contributed by atoms with Gasteiger partial charge in [0.2, 0.25) is 0 Å². The number of rotatable bonds is 7. The van der Waals surface area contributed by atoms with Gasteiger partial charge >= 0.3 is 9.28 Å². The highest BCUT2D eigenvalue weighted by Gasteiger charge is 2.23. The lowest BCUT2D eigenvalue weighted by atomic mass is 9.98. The number of benzene rings is 2. The van der Waals surface area contributed by atoms with Crippen LogP contribution in [0.4, 0.5) is 0 Å². The fourth-order valence-electron chi connectivity index (χ4n) is 3.18. The molecule has 2 aromatic rings. The summed E-state index contributed by atoms with van der Waals surface area (Å²) in [4.78, 5) is 0. The molecule has 1 saturated heterocycles. The number of phenols is 1. The van der Waals surface area contributed by atoms with E-state index in [1.165, 1.54) is 24.0 Å². The minimum absolute atomic E-state index is 0.303. The number of phenolic OH excluding ortho intramolecular Hbond substituents is 1. The number of aromatic hydroxyl groups is 1. The molecule has 0 aromatic heterocycles. The van der Waals surface area contributed by atoms with Gasteiger partial charge < -0.3 is 14.0 Å². The lowest BCUT2D eigenvalue weighted by Crippen LogP contribution is -2.35. The molecule has 0 atom stereocenters. The van der Waals surface area contributed by atoms with Crippen LogP contribution >= 0.6 is 0 Å². The Kier molecular flexibility index (Phi) is 6.67. The van der Waals surface area contributed by atoms with Crippen molar-refractivity contribution in [2.45, 2.75) is 38.7 Å². The van der Waals surface area contributed by atoms with Crippen molar-refractivity contribution in [3.8, 4) is 16.9 Å². The predicted molar refractivity (Wildman–Crippen MR) is 104 cm³/mol. The summed E-state index contributed by atoms with van der Waals surface area (Å²) in [5, 5.41) is 9.38. The Bertz CT molecular complexity index is 631. The van der Waals surface area contributed by atoms with Crippen LogP contribution < -0.4 is 0 Å². The largest absolute Gasteiger partial charge is 0.508 e. The van der Waals surface area contributed by atoms with Gasteiger partial charge in [-0.05, 0) is 47.7 Å². The molecule has 0 unspecified atom stereocenters. The second-order valence-electron chi connectivity index (χ2n) is 6.89. The minimum Gasteiger partial charge on any atom is -0.508 e. The Hall–Kier alpha value is -1.62. The smallest absolute Gasteiger partial charge is 0.321 e. The van der Waals surface area contributed by atoms with Crippen molar-refractivity contribution in [3.63, 3.8) is 0 Å². The molecule has 0 radical (unpaired) electrons. The highest BCUT2D eigenvalue weighted by molar-refractivity contribution is 6.44. The second-order valence-corrected chi connectivity index (χ2v) is 8.99. The summed E-state index contributed by atoms with van der Waals surface area (Å²) < 4.78 is 11.9. The van der Waals surface area contributed by atoms with Crippen LogP contribution in [0.3, 0.4) is 0 Å². The zero-order valence-electron chi connectivity index (χ0n) is 15.0. The molecule has 1 aliphatic rings. The van der Waals surface area contributed by atoms with Gasteiger partial charge in [0.15, 0.2) is 0 Å². The molecule has 0 spiro atoms. The molecule has 2 aromatic carbocycles. The van der Waals surface area contributed by atoms with E-state index >= 15 is 0 Å². The van der Waals surface area contributed by atoms with Crippen molar-refractivity contribution < 1.29 is 14.0 Å². The number of unbranched alkanes of at least 4 members (excludes halogenated alkanes) is 1. The van der Waals surface area contributed by atoms with Crippen molar-refractivity contribution in [2.75, 3.05) is 13.2 Å². The summed E-state index contributed by atoms with van der Waals surface area (Å²) in [7, 11) is -1.34. The van der Waals surface area contributed by atoms with Crippen LogP contribution in [0.1, 0.15) is 31.7 Å². The Morgan fingerprint density at radius 3 is 2.16 bits per heavy atom. The highest BCUT2D eigenvalue weighted by atomic mass is 28.3. The van der Waals surface area contributed by atoms with Gasteiger partial charge in [-0.2, -0.15) is 0 Å². The van der Waals surface area contributed by atoms with E-state index in [1.54, 1.807) is 12.1 Å². The molecule has 25 heavy (non-hydrogen) atoms. The first kappa shape index (κ1) is 18.2. The van der Waals surface area contributed by atoms with Crippen LogP contribution in [-0.2, 0) is 15.3 Å². The lowest BCUT2D eigenvalue weighted by Gasteiger charge is -2.28. The van der Waals surface area contributed by atoms with Crippen LogP contribution in [-0.4, -0.2) is 27.6 Å². The topological polar surface area (TPSA) is 38.7 Å². The molecule has 134 valence electrons. The summed E-state index contributed by atoms with van der Waals surface area (Å²) in [5.41, 5.74) is 3.66. The average Bonchev–Trinajstić information content (AvgIpc) is 2.67. The summed E-state index contributed by atoms with van der Waals surface area (Å²) in [6.07, 6.45) is 4.64. The van der Waals surface area contributed by atoms with E-state index in [9.17, 15) is 5.11 Å².